The van der Waals surface area contributed by atoms with Gasteiger partial charge in [0, 0.05) is 41.0 Å². The molecular weight excluding hydrogens is 474 g/mol. The number of pyridine rings is 1. The summed E-state index contributed by atoms with van der Waals surface area (Å²) >= 11 is 6.23. The van der Waals surface area contributed by atoms with E-state index in [1.807, 2.05) is 70.2 Å². The Morgan fingerprint density at radius 3 is 2.44 bits per heavy atom. The Hall–Kier alpha value is -3.35. The van der Waals surface area contributed by atoms with Crippen molar-refractivity contribution in [1.82, 2.24) is 9.55 Å². The van der Waals surface area contributed by atoms with Crippen LogP contribution >= 0.6 is 11.6 Å². The number of hydrogen-bond donors (Lipinski definition) is 1. The molecule has 1 N–H and O–H groups in total. The molecule has 0 saturated heterocycles. The first-order chi connectivity index (χ1) is 17.1. The van der Waals surface area contributed by atoms with Crippen LogP contribution in [0.25, 0.3) is 22.0 Å². The number of aromatic nitrogens is 2. The van der Waals surface area contributed by atoms with Crippen LogP contribution < -0.4 is 4.90 Å². The molecule has 186 valence electrons. The molecule has 0 saturated carbocycles. The summed E-state index contributed by atoms with van der Waals surface area (Å²) in [5.74, 6) is -0.188. The lowest BCUT2D eigenvalue weighted by molar-refractivity contribution is -0.160. The maximum absolute atomic E-state index is 12.8. The van der Waals surface area contributed by atoms with Crippen molar-refractivity contribution >= 4 is 40.0 Å². The maximum Gasteiger partial charge on any atom is 0.337 e. The van der Waals surface area contributed by atoms with Crippen molar-refractivity contribution in [1.29, 1.82) is 0 Å². The third-order valence-electron chi connectivity index (χ3n) is 6.66. The molecule has 0 amide bonds. The molecule has 2 aromatic carbocycles. The zero-order valence-electron chi connectivity index (χ0n) is 21.2. The lowest BCUT2D eigenvalue weighted by Crippen LogP contribution is -2.31. The molecule has 0 spiro atoms. The Balaban J connectivity index is 1.92. The quantitative estimate of drug-likeness (QED) is 0.315. The number of carbonyl (C=O) groups is 1. The third-order valence-corrected chi connectivity index (χ3v) is 6.91. The molecule has 0 radical (unpaired) electrons. The van der Waals surface area contributed by atoms with Gasteiger partial charge in [0.15, 0.2) is 6.10 Å². The van der Waals surface area contributed by atoms with Crippen LogP contribution in [0.3, 0.4) is 0 Å². The second kappa shape index (κ2) is 8.95. The monoisotopic (exact) mass is 503 g/mol. The minimum Gasteiger partial charge on any atom is -0.479 e. The number of aryl methyl sites for hydroxylation is 1. The molecule has 6 nitrogen and oxygen atoms in total. The van der Waals surface area contributed by atoms with Crippen LogP contribution in [-0.4, -0.2) is 32.8 Å². The summed E-state index contributed by atoms with van der Waals surface area (Å²) in [6.07, 6.45) is 0.625. The fraction of sp³-hybridized carbons (Fsp3) is 0.310. The van der Waals surface area contributed by atoms with Crippen LogP contribution in [0.4, 0.5) is 11.5 Å². The van der Waals surface area contributed by atoms with Crippen molar-refractivity contribution in [2.75, 3.05) is 11.4 Å². The average molecular weight is 504 g/mol. The molecule has 7 heteroatoms. The number of halogens is 1. The highest BCUT2D eigenvalue weighted by molar-refractivity contribution is 6.30. The van der Waals surface area contributed by atoms with Gasteiger partial charge in [-0.05, 0) is 81.6 Å². The fourth-order valence-corrected chi connectivity index (χ4v) is 5.40. The van der Waals surface area contributed by atoms with Crippen LogP contribution in [0, 0.1) is 13.8 Å². The smallest absolute Gasteiger partial charge is 0.337 e. The molecule has 4 aromatic rings. The SMILES string of the molecule is Cc1c([C@H](OC(C)(C)C)C(=O)O)c(-c2ccc(Cl)cc2)c2cc(C)n3c2c1N(c1ccccn1)CC3. The van der Waals surface area contributed by atoms with Crippen LogP contribution in [0.5, 0.6) is 0 Å². The second-order valence-corrected chi connectivity index (χ2v) is 10.7. The highest BCUT2D eigenvalue weighted by atomic mass is 35.5. The van der Waals surface area contributed by atoms with E-state index in [0.29, 0.717) is 10.6 Å². The van der Waals surface area contributed by atoms with Gasteiger partial charge in [0.25, 0.3) is 0 Å². The first-order valence-corrected chi connectivity index (χ1v) is 12.5. The first kappa shape index (κ1) is 24.3. The van der Waals surface area contributed by atoms with Crippen LogP contribution in [0.2, 0.25) is 5.02 Å². The van der Waals surface area contributed by atoms with E-state index in [0.717, 1.165) is 57.9 Å². The molecule has 1 aliphatic heterocycles. The van der Waals surface area contributed by atoms with Gasteiger partial charge in [0.1, 0.15) is 5.82 Å². The molecule has 36 heavy (non-hydrogen) atoms. The van der Waals surface area contributed by atoms with E-state index in [-0.39, 0.29) is 0 Å². The third kappa shape index (κ3) is 4.14. The number of rotatable bonds is 5. The molecule has 3 heterocycles. The Kier molecular flexibility index (Phi) is 6.05. The van der Waals surface area contributed by atoms with Crippen molar-refractivity contribution in [2.24, 2.45) is 0 Å². The van der Waals surface area contributed by atoms with Crippen LogP contribution in [0.1, 0.15) is 43.7 Å². The fourth-order valence-electron chi connectivity index (χ4n) is 5.28. The molecule has 5 rings (SSSR count). The number of hydrogen-bond acceptors (Lipinski definition) is 4. The highest BCUT2D eigenvalue weighted by Crippen LogP contribution is 2.49. The number of anilines is 2. The zero-order valence-corrected chi connectivity index (χ0v) is 21.9. The summed E-state index contributed by atoms with van der Waals surface area (Å²) < 4.78 is 8.55. The van der Waals surface area contributed by atoms with Crippen molar-refractivity contribution in [3.8, 4) is 11.1 Å². The molecule has 2 aromatic heterocycles. The molecule has 1 aliphatic rings. The highest BCUT2D eigenvalue weighted by Gasteiger charge is 2.36. The van der Waals surface area contributed by atoms with Gasteiger partial charge in [-0.3, -0.25) is 0 Å². The van der Waals surface area contributed by atoms with Gasteiger partial charge in [-0.25, -0.2) is 9.78 Å². The number of benzene rings is 2. The number of ether oxygens (including phenoxy) is 1. The number of carboxylic acid groups (broad SMARTS) is 1. The summed E-state index contributed by atoms with van der Waals surface area (Å²) in [4.78, 5) is 19.6. The van der Waals surface area contributed by atoms with Gasteiger partial charge in [-0.2, -0.15) is 0 Å². The van der Waals surface area contributed by atoms with E-state index in [4.69, 9.17) is 16.3 Å². The van der Waals surface area contributed by atoms with Crippen LogP contribution in [0.15, 0.2) is 54.7 Å². The molecule has 1 atom stereocenters. The van der Waals surface area contributed by atoms with Crippen molar-refractivity contribution in [2.45, 2.75) is 52.9 Å². The topological polar surface area (TPSA) is 67.6 Å². The van der Waals surface area contributed by atoms with Gasteiger partial charge in [-0.15, -0.1) is 0 Å². The summed E-state index contributed by atoms with van der Waals surface area (Å²) in [5, 5.41) is 12.1. The normalized spacial score (nSPS) is 14.3. The predicted octanol–water partition coefficient (Wildman–Crippen LogP) is 7.07. The summed E-state index contributed by atoms with van der Waals surface area (Å²) in [7, 11) is 0. The Bertz CT molecular complexity index is 1450. The van der Waals surface area contributed by atoms with Gasteiger partial charge in [0.05, 0.1) is 16.8 Å². The van der Waals surface area contributed by atoms with Crippen LogP contribution in [-0.2, 0) is 16.1 Å². The summed E-state index contributed by atoms with van der Waals surface area (Å²) in [6, 6.07) is 15.6. The Morgan fingerprint density at radius 1 is 1.11 bits per heavy atom. The van der Waals surface area contributed by atoms with E-state index in [9.17, 15) is 9.90 Å². The van der Waals surface area contributed by atoms with E-state index in [1.165, 1.54) is 0 Å². The van der Waals surface area contributed by atoms with Crippen molar-refractivity contribution < 1.29 is 14.6 Å². The van der Waals surface area contributed by atoms with E-state index in [1.54, 1.807) is 6.20 Å². The molecular formula is C29H30ClN3O3. The van der Waals surface area contributed by atoms with Gasteiger partial charge >= 0.3 is 5.97 Å². The van der Waals surface area contributed by atoms with Crippen molar-refractivity contribution in [3.05, 3.63) is 76.6 Å². The predicted molar refractivity (Wildman–Crippen MR) is 144 cm³/mol. The number of nitrogens with zero attached hydrogens (tertiary/aromatic N) is 3. The second-order valence-electron chi connectivity index (χ2n) is 10.3. The number of carboxylic acids is 1. The molecule has 0 bridgehead atoms. The van der Waals surface area contributed by atoms with Gasteiger partial charge < -0.3 is 19.3 Å². The van der Waals surface area contributed by atoms with E-state index >= 15 is 0 Å². The van der Waals surface area contributed by atoms with Crippen molar-refractivity contribution in [3.63, 3.8) is 0 Å². The average Bonchev–Trinajstić information content (AvgIpc) is 3.17. The first-order valence-electron chi connectivity index (χ1n) is 12.1. The number of aliphatic carboxylic acids is 1. The van der Waals surface area contributed by atoms with Gasteiger partial charge in [0.2, 0.25) is 0 Å². The Morgan fingerprint density at radius 2 is 1.83 bits per heavy atom. The molecule has 0 aliphatic carbocycles. The maximum atomic E-state index is 12.8. The van der Waals surface area contributed by atoms with Gasteiger partial charge in [-0.1, -0.05) is 29.8 Å². The Labute approximate surface area is 216 Å². The minimum atomic E-state index is -1.16. The minimum absolute atomic E-state index is 0.627. The van der Waals surface area contributed by atoms with E-state index < -0.39 is 17.7 Å². The van der Waals surface area contributed by atoms with E-state index in [2.05, 4.69) is 27.4 Å². The lowest BCUT2D eigenvalue weighted by Gasteiger charge is -2.35. The summed E-state index contributed by atoms with van der Waals surface area (Å²) in [6.45, 7) is 11.3. The lowest BCUT2D eigenvalue weighted by atomic mass is 9.87. The molecule has 0 fully saturated rings. The zero-order chi connectivity index (χ0) is 25.8. The standard InChI is InChI=1S/C29H30ClN3O3/c1-17-16-21-24(19-9-11-20(30)12-10-19)23(27(28(34)35)36-29(3,4)5)18(2)25-26(21)32(17)14-15-33(25)22-8-6-7-13-31-22/h6-13,16,27H,14-15H2,1-5H3,(H,34,35)/t27-/m0/s1. The largest absolute Gasteiger partial charge is 0.479 e. The summed E-state index contributed by atoms with van der Waals surface area (Å²) in [5.41, 5.74) is 5.80. The molecule has 0 unspecified atom stereocenters.